The van der Waals surface area contributed by atoms with Gasteiger partial charge >= 0.3 is 5.97 Å². The molecule has 0 amide bonds. The van der Waals surface area contributed by atoms with E-state index < -0.39 is 11.7 Å². The van der Waals surface area contributed by atoms with E-state index in [-0.39, 0.29) is 24.0 Å². The first-order chi connectivity index (χ1) is 11.5. The lowest BCUT2D eigenvalue weighted by atomic mass is 9.93. The molecule has 134 valence electrons. The lowest BCUT2D eigenvalue weighted by Gasteiger charge is -2.18. The Morgan fingerprint density at radius 3 is 2.29 bits per heavy atom. The van der Waals surface area contributed by atoms with E-state index in [4.69, 9.17) is 4.74 Å². The zero-order valence-corrected chi connectivity index (χ0v) is 14.3. The summed E-state index contributed by atoms with van der Waals surface area (Å²) < 4.78 is 5.13. The van der Waals surface area contributed by atoms with Crippen LogP contribution in [0.5, 0.6) is 17.2 Å². The number of esters is 1. The third-order valence-electron chi connectivity index (χ3n) is 4.06. The molecule has 3 N–H and O–H groups in total. The van der Waals surface area contributed by atoms with Gasteiger partial charge in [0.15, 0.2) is 17.2 Å². The second-order valence-electron chi connectivity index (χ2n) is 6.00. The summed E-state index contributed by atoms with van der Waals surface area (Å²) in [5, 5.41) is 28.8. The topological polar surface area (TPSA) is 87.0 Å². The van der Waals surface area contributed by atoms with Crippen LogP contribution in [-0.2, 0) is 9.53 Å². The van der Waals surface area contributed by atoms with Crippen LogP contribution in [0.25, 0.3) is 0 Å². The number of ether oxygens (including phenoxy) is 1. The molecule has 0 aliphatic carbocycles. The lowest BCUT2D eigenvalue weighted by Crippen LogP contribution is -2.11. The van der Waals surface area contributed by atoms with Gasteiger partial charge in [-0.1, -0.05) is 52.0 Å². The van der Waals surface area contributed by atoms with Crippen LogP contribution in [0.2, 0.25) is 0 Å². The molecule has 0 saturated heterocycles. The van der Waals surface area contributed by atoms with Gasteiger partial charge in [0.25, 0.3) is 0 Å². The SMILES string of the molecule is C=CC(=O)OCC(CCCCCCCC)c1cc(O)c(O)c(O)c1. The van der Waals surface area contributed by atoms with Gasteiger partial charge in [-0.3, -0.25) is 0 Å². The molecule has 0 aromatic heterocycles. The minimum absolute atomic E-state index is 0.142. The molecule has 0 aliphatic rings. The van der Waals surface area contributed by atoms with E-state index >= 15 is 0 Å². The van der Waals surface area contributed by atoms with E-state index in [2.05, 4.69) is 13.5 Å². The molecule has 5 nitrogen and oxygen atoms in total. The zero-order valence-electron chi connectivity index (χ0n) is 14.3. The minimum atomic E-state index is -0.542. The minimum Gasteiger partial charge on any atom is -0.504 e. The highest BCUT2D eigenvalue weighted by molar-refractivity contribution is 5.81. The van der Waals surface area contributed by atoms with Gasteiger partial charge in [-0.2, -0.15) is 0 Å². The van der Waals surface area contributed by atoms with Gasteiger partial charge < -0.3 is 20.1 Å². The molecule has 1 atom stereocenters. The molecule has 24 heavy (non-hydrogen) atoms. The maximum atomic E-state index is 11.3. The summed E-state index contributed by atoms with van der Waals surface area (Å²) in [7, 11) is 0. The fraction of sp³-hybridized carbons (Fsp3) is 0.526. The van der Waals surface area contributed by atoms with Gasteiger partial charge in [-0.05, 0) is 24.1 Å². The van der Waals surface area contributed by atoms with Crippen LogP contribution in [0.15, 0.2) is 24.8 Å². The van der Waals surface area contributed by atoms with Crippen LogP contribution >= 0.6 is 0 Å². The number of carbonyl (C=O) groups is 1. The molecule has 5 heteroatoms. The molecule has 0 bridgehead atoms. The summed E-state index contributed by atoms with van der Waals surface area (Å²) in [6, 6.07) is 2.80. The Morgan fingerprint density at radius 1 is 1.12 bits per heavy atom. The third-order valence-corrected chi connectivity index (χ3v) is 4.06. The molecular formula is C19H28O5. The van der Waals surface area contributed by atoms with Crippen LogP contribution in [0.3, 0.4) is 0 Å². The lowest BCUT2D eigenvalue weighted by molar-refractivity contribution is -0.138. The number of carbonyl (C=O) groups excluding carboxylic acids is 1. The van der Waals surface area contributed by atoms with E-state index in [1.54, 1.807) is 0 Å². The molecular weight excluding hydrogens is 308 g/mol. The fourth-order valence-electron chi connectivity index (χ4n) is 2.62. The maximum Gasteiger partial charge on any atom is 0.330 e. The van der Waals surface area contributed by atoms with Crippen molar-refractivity contribution in [3.63, 3.8) is 0 Å². The normalized spacial score (nSPS) is 11.9. The summed E-state index contributed by atoms with van der Waals surface area (Å²) >= 11 is 0. The number of benzene rings is 1. The predicted octanol–water partition coefficient (Wildman–Crippen LogP) is 4.37. The average Bonchev–Trinajstić information content (AvgIpc) is 2.57. The van der Waals surface area contributed by atoms with E-state index in [1.165, 1.54) is 37.8 Å². The largest absolute Gasteiger partial charge is 0.504 e. The first kappa shape index (κ1) is 19.9. The van der Waals surface area contributed by atoms with Crippen molar-refractivity contribution in [3.8, 4) is 17.2 Å². The van der Waals surface area contributed by atoms with Crippen molar-refractivity contribution in [3.05, 3.63) is 30.4 Å². The number of hydrogen-bond donors (Lipinski definition) is 3. The Labute approximate surface area is 143 Å². The standard InChI is InChI=1S/C19H28O5/c1-3-5-6-7-8-9-10-14(13-24-18(22)4-2)15-11-16(20)19(23)17(21)12-15/h4,11-12,14,20-21,23H,2-3,5-10,13H2,1H3. The van der Waals surface area contributed by atoms with Crippen LogP contribution in [0.1, 0.15) is 63.4 Å². The number of aromatic hydroxyl groups is 3. The highest BCUT2D eigenvalue weighted by atomic mass is 16.5. The fourth-order valence-corrected chi connectivity index (χ4v) is 2.62. The van der Waals surface area contributed by atoms with E-state index in [0.717, 1.165) is 25.3 Å². The Hall–Kier alpha value is -2.17. The predicted molar refractivity (Wildman–Crippen MR) is 93.3 cm³/mol. The van der Waals surface area contributed by atoms with E-state index in [9.17, 15) is 20.1 Å². The highest BCUT2D eigenvalue weighted by Gasteiger charge is 2.18. The molecule has 1 aromatic rings. The number of phenolic OH excluding ortho intramolecular Hbond substituents is 3. The highest BCUT2D eigenvalue weighted by Crippen LogP contribution is 2.38. The molecule has 1 unspecified atom stereocenters. The van der Waals surface area contributed by atoms with Gasteiger partial charge in [-0.25, -0.2) is 4.79 Å². The van der Waals surface area contributed by atoms with Crippen LogP contribution < -0.4 is 0 Å². The van der Waals surface area contributed by atoms with Gasteiger partial charge in [0.1, 0.15) is 0 Å². The zero-order chi connectivity index (χ0) is 17.9. The van der Waals surface area contributed by atoms with Crippen molar-refractivity contribution in [1.82, 2.24) is 0 Å². The molecule has 1 aromatic carbocycles. The summed E-state index contributed by atoms with van der Waals surface area (Å²) in [6.45, 7) is 5.68. The molecule has 1 rings (SSSR count). The van der Waals surface area contributed by atoms with Crippen LogP contribution in [0.4, 0.5) is 0 Å². The number of unbranched alkanes of at least 4 members (excludes halogenated alkanes) is 5. The second-order valence-corrected chi connectivity index (χ2v) is 6.00. The average molecular weight is 336 g/mol. The van der Waals surface area contributed by atoms with Crippen LogP contribution in [-0.4, -0.2) is 27.9 Å². The van der Waals surface area contributed by atoms with Crippen molar-refractivity contribution in [2.45, 2.75) is 57.8 Å². The quantitative estimate of drug-likeness (QED) is 0.242. The number of rotatable bonds is 11. The van der Waals surface area contributed by atoms with Crippen molar-refractivity contribution in [1.29, 1.82) is 0 Å². The molecule has 0 aliphatic heterocycles. The van der Waals surface area contributed by atoms with Crippen molar-refractivity contribution < 1.29 is 24.9 Å². The monoisotopic (exact) mass is 336 g/mol. The summed E-state index contributed by atoms with van der Waals surface area (Å²) in [4.78, 5) is 11.3. The molecule has 0 fully saturated rings. The van der Waals surface area contributed by atoms with Gasteiger partial charge in [0, 0.05) is 12.0 Å². The first-order valence-electron chi connectivity index (χ1n) is 8.53. The second kappa shape index (κ2) is 10.6. The van der Waals surface area contributed by atoms with E-state index in [0.29, 0.717) is 5.56 Å². The molecule has 0 heterocycles. The van der Waals surface area contributed by atoms with Gasteiger partial charge in [-0.15, -0.1) is 0 Å². The summed E-state index contributed by atoms with van der Waals surface area (Å²) in [5.74, 6) is -1.96. The first-order valence-corrected chi connectivity index (χ1v) is 8.53. The molecule has 0 spiro atoms. The van der Waals surface area contributed by atoms with Gasteiger partial charge in [0.2, 0.25) is 0 Å². The maximum absolute atomic E-state index is 11.3. The number of hydrogen-bond acceptors (Lipinski definition) is 5. The molecule has 0 saturated carbocycles. The van der Waals surface area contributed by atoms with Crippen molar-refractivity contribution >= 4 is 5.97 Å². The Bertz CT molecular complexity index is 516. The summed E-state index contributed by atoms with van der Waals surface area (Å²) in [5.41, 5.74) is 0.633. The Balaban J connectivity index is 2.70. The van der Waals surface area contributed by atoms with Gasteiger partial charge in [0.05, 0.1) is 6.61 Å². The Kier molecular flexibility index (Phi) is 8.76. The molecule has 0 radical (unpaired) electrons. The van der Waals surface area contributed by atoms with Crippen LogP contribution in [0, 0.1) is 0 Å². The van der Waals surface area contributed by atoms with E-state index in [1.807, 2.05) is 0 Å². The van der Waals surface area contributed by atoms with Crippen molar-refractivity contribution in [2.24, 2.45) is 0 Å². The number of phenols is 3. The third kappa shape index (κ3) is 6.52. The Morgan fingerprint density at radius 2 is 1.71 bits per heavy atom. The summed E-state index contributed by atoms with van der Waals surface area (Å²) in [6.07, 6.45) is 8.73. The van der Waals surface area contributed by atoms with Crippen molar-refractivity contribution in [2.75, 3.05) is 6.61 Å². The smallest absolute Gasteiger partial charge is 0.330 e.